The molecule has 0 aliphatic rings. The Kier molecular flexibility index (Phi) is 6.16. The van der Waals surface area contributed by atoms with Crippen LogP contribution < -0.4 is 0 Å². The van der Waals surface area contributed by atoms with Crippen molar-refractivity contribution in [3.8, 4) is 0 Å². The number of carbonyl (C=O) groups excluding carboxylic acids is 1. The summed E-state index contributed by atoms with van der Waals surface area (Å²) in [6, 6.07) is 0. The molecular weight excluding hydrogens is 164 g/mol. The number of carbonyl (C=O) groups is 1. The van der Waals surface area contributed by atoms with Gasteiger partial charge in [0, 0.05) is 6.92 Å². The lowest BCUT2D eigenvalue weighted by molar-refractivity contribution is -0.159. The second-order valence-electron chi connectivity index (χ2n) is 1.92. The van der Waals surface area contributed by atoms with Crippen molar-refractivity contribution >= 4 is 22.9 Å². The van der Waals surface area contributed by atoms with Crippen LogP contribution in [0.1, 0.15) is 20.8 Å². The quantitative estimate of drug-likeness (QED) is 0.304. The second kappa shape index (κ2) is 6.37. The number of hydrogen-bond donors (Lipinski definition) is 1. The predicted octanol–water partition coefficient (Wildman–Crippen LogP) is 1.16. The summed E-state index contributed by atoms with van der Waals surface area (Å²) in [5, 5.41) is 0. The summed E-state index contributed by atoms with van der Waals surface area (Å²) >= 11 is 1.10. The van der Waals surface area contributed by atoms with Crippen molar-refractivity contribution in [1.82, 2.24) is 0 Å². The van der Waals surface area contributed by atoms with Crippen LogP contribution in [0.4, 0.5) is 0 Å². The Morgan fingerprint density at radius 1 is 1.73 bits per heavy atom. The first-order valence-corrected chi connectivity index (χ1v) is 4.62. The molecule has 0 spiro atoms. The highest BCUT2D eigenvalue weighted by Gasteiger charge is 2.01. The molecule has 4 heteroatoms. The molecule has 0 aromatic heterocycles. The average Bonchev–Trinajstić information content (AvgIpc) is 1.86. The maximum Gasteiger partial charge on any atom is 0.304 e. The zero-order valence-corrected chi connectivity index (χ0v) is 7.93. The van der Waals surface area contributed by atoms with Crippen LogP contribution in [0.15, 0.2) is 0 Å². The second-order valence-corrected chi connectivity index (χ2v) is 3.13. The summed E-state index contributed by atoms with van der Waals surface area (Å²) in [5.41, 5.74) is 1.63. The average molecular weight is 178 g/mol. The SMILES string of the molecule is CC[SH]=COC(C)OC(C)=O. The minimum atomic E-state index is -0.466. The van der Waals surface area contributed by atoms with Gasteiger partial charge in [0.1, 0.15) is 0 Å². The highest BCUT2D eigenvalue weighted by molar-refractivity contribution is 7.97. The Labute approximate surface area is 70.6 Å². The highest BCUT2D eigenvalue weighted by atomic mass is 32.1. The van der Waals surface area contributed by atoms with Gasteiger partial charge in [-0.1, -0.05) is 6.92 Å². The van der Waals surface area contributed by atoms with E-state index in [9.17, 15) is 4.79 Å². The minimum Gasteiger partial charge on any atom is -0.436 e. The summed E-state index contributed by atoms with van der Waals surface area (Å²) < 4.78 is 9.71. The number of ether oxygens (including phenoxy) is 2. The summed E-state index contributed by atoms with van der Waals surface area (Å²) in [4.78, 5) is 10.4. The van der Waals surface area contributed by atoms with Crippen LogP contribution in [-0.4, -0.2) is 23.6 Å². The summed E-state index contributed by atoms with van der Waals surface area (Å²) in [7, 11) is 0. The predicted molar refractivity (Wildman–Crippen MR) is 47.9 cm³/mol. The third kappa shape index (κ3) is 7.55. The van der Waals surface area contributed by atoms with Crippen LogP contribution in [0, 0.1) is 0 Å². The molecular formula is C7H14O3S. The van der Waals surface area contributed by atoms with Gasteiger partial charge in [-0.05, 0) is 12.7 Å². The lowest BCUT2D eigenvalue weighted by atomic mass is 10.7. The van der Waals surface area contributed by atoms with Crippen molar-refractivity contribution < 1.29 is 14.3 Å². The van der Waals surface area contributed by atoms with Gasteiger partial charge in [-0.15, -0.1) is 0 Å². The van der Waals surface area contributed by atoms with Crippen LogP contribution in [0.3, 0.4) is 0 Å². The molecule has 66 valence electrons. The molecule has 1 unspecified atom stereocenters. The van der Waals surface area contributed by atoms with E-state index in [0.29, 0.717) is 0 Å². The van der Waals surface area contributed by atoms with Crippen molar-refractivity contribution in [1.29, 1.82) is 0 Å². The lowest BCUT2D eigenvalue weighted by Gasteiger charge is -2.08. The van der Waals surface area contributed by atoms with E-state index in [4.69, 9.17) is 9.47 Å². The number of hydrogen-bond acceptors (Lipinski definition) is 3. The minimum absolute atomic E-state index is 0.320. The molecule has 1 atom stereocenters. The third-order valence-electron chi connectivity index (χ3n) is 0.842. The largest absolute Gasteiger partial charge is 0.436 e. The van der Waals surface area contributed by atoms with Crippen LogP contribution in [0.25, 0.3) is 0 Å². The molecule has 0 N–H and O–H groups in total. The van der Waals surface area contributed by atoms with Gasteiger partial charge < -0.3 is 9.47 Å². The normalized spacial score (nSPS) is 14.1. The Morgan fingerprint density at radius 3 is 2.82 bits per heavy atom. The molecule has 0 bridgehead atoms. The van der Waals surface area contributed by atoms with Gasteiger partial charge in [-0.25, -0.2) is 0 Å². The molecule has 0 fully saturated rings. The van der Waals surface area contributed by atoms with Crippen molar-refractivity contribution in [3.63, 3.8) is 0 Å². The molecule has 0 radical (unpaired) electrons. The van der Waals surface area contributed by atoms with Crippen molar-refractivity contribution in [2.45, 2.75) is 27.1 Å². The molecule has 3 nitrogen and oxygen atoms in total. The Morgan fingerprint density at radius 2 is 2.36 bits per heavy atom. The number of thiol groups is 1. The summed E-state index contributed by atoms with van der Waals surface area (Å²) in [6.07, 6.45) is -0.466. The van der Waals surface area contributed by atoms with Gasteiger partial charge in [0.15, 0.2) is 0 Å². The first-order valence-electron chi connectivity index (χ1n) is 3.47. The monoisotopic (exact) mass is 178 g/mol. The van der Waals surface area contributed by atoms with Gasteiger partial charge >= 0.3 is 5.97 Å². The van der Waals surface area contributed by atoms with E-state index in [2.05, 4.69) is 0 Å². The molecule has 0 amide bonds. The summed E-state index contributed by atoms with van der Waals surface area (Å²) in [5.74, 6) is 0.686. The van der Waals surface area contributed by atoms with Gasteiger partial charge in [0.25, 0.3) is 0 Å². The van der Waals surface area contributed by atoms with E-state index >= 15 is 0 Å². The van der Waals surface area contributed by atoms with Gasteiger partial charge in [-0.3, -0.25) is 4.79 Å². The van der Waals surface area contributed by atoms with Crippen LogP contribution in [0.5, 0.6) is 0 Å². The molecule has 0 aromatic rings. The van der Waals surface area contributed by atoms with Gasteiger partial charge in [-0.2, -0.15) is 11.4 Å². The van der Waals surface area contributed by atoms with E-state index in [1.54, 1.807) is 12.5 Å². The highest BCUT2D eigenvalue weighted by Crippen LogP contribution is 1.93. The van der Waals surface area contributed by atoms with Crippen molar-refractivity contribution in [2.24, 2.45) is 0 Å². The van der Waals surface area contributed by atoms with Crippen LogP contribution in [-0.2, 0) is 14.3 Å². The maximum atomic E-state index is 10.4. The standard InChI is InChI=1S/C7H14O3S/c1-4-11-5-9-7(3)10-6(2)8/h5,7,11H,4H2,1-3H3. The fourth-order valence-corrected chi connectivity index (χ4v) is 0.871. The van der Waals surface area contributed by atoms with E-state index in [0.717, 1.165) is 17.1 Å². The zero-order valence-electron chi connectivity index (χ0n) is 7.03. The van der Waals surface area contributed by atoms with E-state index in [-0.39, 0.29) is 5.97 Å². The molecule has 0 aromatic carbocycles. The molecule has 0 saturated carbocycles. The van der Waals surface area contributed by atoms with Crippen LogP contribution in [0.2, 0.25) is 0 Å². The molecule has 0 aliphatic carbocycles. The smallest absolute Gasteiger partial charge is 0.304 e. The van der Waals surface area contributed by atoms with E-state index in [1.165, 1.54) is 6.92 Å². The lowest BCUT2D eigenvalue weighted by Crippen LogP contribution is -2.14. The molecule has 0 heterocycles. The van der Waals surface area contributed by atoms with Gasteiger partial charge in [0.2, 0.25) is 6.29 Å². The van der Waals surface area contributed by atoms with Crippen LogP contribution >= 0.6 is 11.4 Å². The first kappa shape index (κ1) is 10.7. The Bertz CT molecular complexity index is 145. The van der Waals surface area contributed by atoms with Gasteiger partial charge in [0.05, 0.1) is 5.55 Å². The Hall–Kier alpha value is -0.350. The maximum absolute atomic E-state index is 10.4. The third-order valence-corrected chi connectivity index (χ3v) is 1.48. The van der Waals surface area contributed by atoms with Crippen molar-refractivity contribution in [2.75, 3.05) is 5.75 Å². The number of esters is 1. The molecule has 0 aliphatic heterocycles. The zero-order chi connectivity index (χ0) is 8.69. The Balaban J connectivity index is 3.44. The summed E-state index contributed by atoms with van der Waals surface area (Å²) in [6.45, 7) is 5.08. The van der Waals surface area contributed by atoms with Crippen molar-refractivity contribution in [3.05, 3.63) is 0 Å². The van der Waals surface area contributed by atoms with E-state index in [1.807, 2.05) is 6.92 Å². The fraction of sp³-hybridized carbons (Fsp3) is 0.714. The topological polar surface area (TPSA) is 35.5 Å². The fourth-order valence-electron chi connectivity index (χ4n) is 0.465. The first-order chi connectivity index (χ1) is 5.16. The van der Waals surface area contributed by atoms with E-state index < -0.39 is 6.29 Å². The molecule has 0 rings (SSSR count). The molecule has 11 heavy (non-hydrogen) atoms. The molecule has 0 saturated heterocycles. The number of rotatable bonds is 4.